The topological polar surface area (TPSA) is 57.9 Å². The van der Waals surface area contributed by atoms with E-state index >= 15 is 0 Å². The predicted octanol–water partition coefficient (Wildman–Crippen LogP) is 2.62. The standard InChI is InChI=1S/C10H15O5PS/c1-4-12-16(17,13-5-2)15-10-7-9(11)6-8(3)14-10/h6-7H,4-5H2,1-3H3. The molecule has 0 saturated heterocycles. The van der Waals surface area contributed by atoms with Crippen LogP contribution in [0.5, 0.6) is 5.95 Å². The molecule has 0 spiro atoms. The molecular formula is C10H15O5PS. The van der Waals surface area contributed by atoms with Gasteiger partial charge in [0.25, 0.3) is 5.95 Å². The third kappa shape index (κ3) is 4.60. The summed E-state index contributed by atoms with van der Waals surface area (Å²) in [5.74, 6) is 0.474. The lowest BCUT2D eigenvalue weighted by molar-refractivity contribution is 0.202. The fourth-order valence-corrected chi connectivity index (χ4v) is 3.11. The molecule has 0 aliphatic rings. The van der Waals surface area contributed by atoms with Gasteiger partial charge in [-0.25, -0.2) is 0 Å². The van der Waals surface area contributed by atoms with Gasteiger partial charge in [0.2, 0.25) is 0 Å². The third-order valence-corrected chi connectivity index (χ3v) is 4.05. The van der Waals surface area contributed by atoms with Crippen LogP contribution in [0.1, 0.15) is 19.6 Å². The molecule has 7 heteroatoms. The lowest BCUT2D eigenvalue weighted by Crippen LogP contribution is -2.05. The van der Waals surface area contributed by atoms with Gasteiger partial charge >= 0.3 is 6.72 Å². The molecule has 0 aliphatic heterocycles. The Labute approximate surface area is 105 Å². The van der Waals surface area contributed by atoms with Crippen molar-refractivity contribution in [3.05, 3.63) is 28.1 Å². The molecule has 0 bridgehead atoms. The molecule has 0 atom stereocenters. The molecule has 0 saturated carbocycles. The first-order chi connectivity index (χ1) is 7.99. The van der Waals surface area contributed by atoms with Crippen LogP contribution in [0.3, 0.4) is 0 Å². The van der Waals surface area contributed by atoms with E-state index in [1.54, 1.807) is 20.8 Å². The van der Waals surface area contributed by atoms with E-state index in [-0.39, 0.29) is 11.4 Å². The maximum atomic E-state index is 11.3. The molecule has 0 unspecified atom stereocenters. The Hall–Kier alpha value is -0.680. The highest BCUT2D eigenvalue weighted by molar-refractivity contribution is 8.07. The summed E-state index contributed by atoms with van der Waals surface area (Å²) >= 11 is 5.15. The number of hydrogen-bond donors (Lipinski definition) is 0. The van der Waals surface area contributed by atoms with Crippen LogP contribution in [-0.4, -0.2) is 13.2 Å². The molecule has 1 heterocycles. The number of aryl methyl sites for hydroxylation is 1. The van der Waals surface area contributed by atoms with Crippen molar-refractivity contribution < 1.29 is 18.0 Å². The fourth-order valence-electron chi connectivity index (χ4n) is 1.14. The van der Waals surface area contributed by atoms with Crippen molar-refractivity contribution in [3.63, 3.8) is 0 Å². The molecule has 96 valence electrons. The smallest absolute Gasteiger partial charge is 0.382 e. The molecular weight excluding hydrogens is 263 g/mol. The number of hydrogen-bond acceptors (Lipinski definition) is 6. The normalized spacial score (nSPS) is 11.5. The molecule has 0 fully saturated rings. The summed E-state index contributed by atoms with van der Waals surface area (Å²) in [6.07, 6.45) is 0. The van der Waals surface area contributed by atoms with Crippen molar-refractivity contribution >= 4 is 18.5 Å². The molecule has 1 rings (SSSR count). The second-order valence-electron chi connectivity index (χ2n) is 3.10. The average molecular weight is 278 g/mol. The van der Waals surface area contributed by atoms with Gasteiger partial charge in [-0.2, -0.15) is 0 Å². The van der Waals surface area contributed by atoms with Crippen molar-refractivity contribution in [2.45, 2.75) is 20.8 Å². The van der Waals surface area contributed by atoms with Gasteiger partial charge in [-0.1, -0.05) is 0 Å². The zero-order valence-corrected chi connectivity index (χ0v) is 11.7. The molecule has 5 nitrogen and oxygen atoms in total. The lowest BCUT2D eigenvalue weighted by atomic mass is 10.4. The highest BCUT2D eigenvalue weighted by Crippen LogP contribution is 2.49. The van der Waals surface area contributed by atoms with Crippen molar-refractivity contribution in [1.82, 2.24) is 0 Å². The van der Waals surface area contributed by atoms with E-state index in [1.165, 1.54) is 12.1 Å². The second kappa shape index (κ2) is 6.31. The van der Waals surface area contributed by atoms with Crippen LogP contribution in [-0.2, 0) is 20.9 Å². The van der Waals surface area contributed by atoms with E-state index in [1.807, 2.05) is 0 Å². The third-order valence-electron chi connectivity index (χ3n) is 1.64. The van der Waals surface area contributed by atoms with Crippen molar-refractivity contribution in [3.8, 4) is 5.95 Å². The second-order valence-corrected chi connectivity index (χ2v) is 6.03. The summed E-state index contributed by atoms with van der Waals surface area (Å²) in [6.45, 7) is 3.08. The Morgan fingerprint density at radius 1 is 1.29 bits per heavy atom. The van der Waals surface area contributed by atoms with E-state index < -0.39 is 6.72 Å². The largest absolute Gasteiger partial charge is 0.431 e. The molecule has 1 aromatic rings. The predicted molar refractivity (Wildman–Crippen MR) is 67.9 cm³/mol. The summed E-state index contributed by atoms with van der Waals surface area (Å²) in [4.78, 5) is 11.3. The highest BCUT2D eigenvalue weighted by atomic mass is 32.5. The Morgan fingerprint density at radius 2 is 1.88 bits per heavy atom. The Kier molecular flexibility index (Phi) is 5.33. The van der Waals surface area contributed by atoms with Crippen LogP contribution in [0.2, 0.25) is 0 Å². The van der Waals surface area contributed by atoms with Crippen LogP contribution in [0, 0.1) is 6.92 Å². The van der Waals surface area contributed by atoms with E-state index in [0.29, 0.717) is 19.0 Å². The Bertz CT molecular complexity index is 460. The first-order valence-electron chi connectivity index (χ1n) is 5.19. The van der Waals surface area contributed by atoms with Crippen LogP contribution in [0.4, 0.5) is 0 Å². The molecule has 1 aromatic heterocycles. The van der Waals surface area contributed by atoms with Crippen molar-refractivity contribution in [2.75, 3.05) is 13.2 Å². The highest BCUT2D eigenvalue weighted by Gasteiger charge is 2.22. The molecule has 0 amide bonds. The summed E-state index contributed by atoms with van der Waals surface area (Å²) in [5, 5.41) is 0. The fraction of sp³-hybridized carbons (Fsp3) is 0.500. The zero-order chi connectivity index (χ0) is 12.9. The van der Waals surface area contributed by atoms with Gasteiger partial charge in [0.15, 0.2) is 5.43 Å². The SMILES string of the molecule is CCOP(=S)(OCC)Oc1cc(=O)cc(C)o1. The molecule has 0 N–H and O–H groups in total. The van der Waals surface area contributed by atoms with Gasteiger partial charge in [0.05, 0.1) is 19.3 Å². The van der Waals surface area contributed by atoms with Gasteiger partial charge in [0.1, 0.15) is 5.76 Å². The molecule has 0 aromatic carbocycles. The molecule has 17 heavy (non-hydrogen) atoms. The van der Waals surface area contributed by atoms with Gasteiger partial charge < -0.3 is 8.94 Å². The Balaban J connectivity index is 2.93. The maximum absolute atomic E-state index is 11.3. The monoisotopic (exact) mass is 278 g/mol. The lowest BCUT2D eigenvalue weighted by Gasteiger charge is -2.19. The maximum Gasteiger partial charge on any atom is 0.382 e. The minimum atomic E-state index is -2.88. The quantitative estimate of drug-likeness (QED) is 0.745. The summed E-state index contributed by atoms with van der Waals surface area (Å²) < 4.78 is 21.1. The van der Waals surface area contributed by atoms with Crippen LogP contribution in [0.15, 0.2) is 21.3 Å². The first-order valence-corrected chi connectivity index (χ1v) is 7.75. The average Bonchev–Trinajstić information content (AvgIpc) is 2.15. The van der Waals surface area contributed by atoms with E-state index in [9.17, 15) is 4.79 Å². The van der Waals surface area contributed by atoms with E-state index in [0.717, 1.165) is 0 Å². The van der Waals surface area contributed by atoms with Crippen LogP contribution in [0.25, 0.3) is 0 Å². The van der Waals surface area contributed by atoms with E-state index in [4.69, 9.17) is 29.8 Å². The van der Waals surface area contributed by atoms with Crippen LogP contribution >= 0.6 is 6.72 Å². The van der Waals surface area contributed by atoms with E-state index in [2.05, 4.69) is 0 Å². The van der Waals surface area contributed by atoms with Crippen molar-refractivity contribution in [2.24, 2.45) is 0 Å². The van der Waals surface area contributed by atoms with Gasteiger partial charge in [0, 0.05) is 17.9 Å². The summed E-state index contributed by atoms with van der Waals surface area (Å²) in [5.41, 5.74) is -0.210. The minimum absolute atomic E-state index is 0.0280. The first kappa shape index (κ1) is 14.4. The summed E-state index contributed by atoms with van der Waals surface area (Å²) in [7, 11) is 0. The Morgan fingerprint density at radius 3 is 2.35 bits per heavy atom. The van der Waals surface area contributed by atoms with Crippen LogP contribution < -0.4 is 9.95 Å². The van der Waals surface area contributed by atoms with Crippen molar-refractivity contribution in [1.29, 1.82) is 0 Å². The van der Waals surface area contributed by atoms with Gasteiger partial charge in [-0.05, 0) is 20.8 Å². The number of rotatable bonds is 6. The zero-order valence-electron chi connectivity index (χ0n) is 9.97. The van der Waals surface area contributed by atoms with Gasteiger partial charge in [-0.3, -0.25) is 13.8 Å². The summed E-state index contributed by atoms with van der Waals surface area (Å²) in [6, 6.07) is 2.57. The minimum Gasteiger partial charge on any atom is -0.431 e. The molecule has 0 aliphatic carbocycles. The molecule has 0 radical (unpaired) electrons. The van der Waals surface area contributed by atoms with Gasteiger partial charge in [-0.15, -0.1) is 0 Å².